The maximum Gasteiger partial charge on any atom is 0.291 e. The van der Waals surface area contributed by atoms with E-state index in [1.807, 2.05) is 12.5 Å². The van der Waals surface area contributed by atoms with Crippen LogP contribution in [0.4, 0.5) is 0 Å². The van der Waals surface area contributed by atoms with Gasteiger partial charge in [-0.25, -0.2) is 4.98 Å². The van der Waals surface area contributed by atoms with Gasteiger partial charge >= 0.3 is 0 Å². The molecule has 0 bridgehead atoms. The van der Waals surface area contributed by atoms with Crippen LogP contribution >= 0.6 is 0 Å². The summed E-state index contributed by atoms with van der Waals surface area (Å²) in [5, 5.41) is 13.6. The second kappa shape index (κ2) is 5.11. The fourth-order valence-corrected chi connectivity index (χ4v) is 0.575. The van der Waals surface area contributed by atoms with Gasteiger partial charge in [0.05, 0.1) is 6.33 Å². The Morgan fingerprint density at radius 3 is 2.33 bits per heavy atom. The highest BCUT2D eigenvalue weighted by molar-refractivity contribution is 4.76. The summed E-state index contributed by atoms with van der Waals surface area (Å²) in [6, 6.07) is 0.539. The Bertz CT molecular complexity index is 216. The summed E-state index contributed by atoms with van der Waals surface area (Å²) in [6.07, 6.45) is 5.58. The van der Waals surface area contributed by atoms with Gasteiger partial charge in [0, 0.05) is 18.4 Å². The summed E-state index contributed by atoms with van der Waals surface area (Å²) in [7, 11) is 0. The van der Waals surface area contributed by atoms with Gasteiger partial charge in [0.15, 0.2) is 0 Å². The molecule has 1 heterocycles. The molecule has 0 atom stereocenters. The molecule has 1 aromatic heterocycles. The Balaban J connectivity index is 0.000000261. The number of nitrogens with zero attached hydrogens (tertiary/aromatic N) is 3. The quantitative estimate of drug-likeness (QED) is 0.509. The van der Waals surface area contributed by atoms with Gasteiger partial charge in [0.2, 0.25) is 0 Å². The van der Waals surface area contributed by atoms with E-state index in [1.165, 1.54) is 0 Å². The van der Waals surface area contributed by atoms with Crippen molar-refractivity contribution in [2.24, 2.45) is 0 Å². The molecular formula is C6H11N3O3. The topological polar surface area (TPSA) is 81.2 Å². The van der Waals surface area contributed by atoms with Crippen molar-refractivity contribution in [2.45, 2.75) is 19.9 Å². The standard InChI is InChI=1S/C6H10N2.HNO3/c1-6(2)8-4-3-7-5-8;2-1(3)4/h3-6H,1-2H3;(H,2,3,4). The minimum absolute atomic E-state index is 0.539. The average molecular weight is 173 g/mol. The Morgan fingerprint density at radius 2 is 2.17 bits per heavy atom. The predicted octanol–water partition coefficient (Wildman–Crippen LogP) is 1.12. The predicted molar refractivity (Wildman–Crippen MR) is 41.4 cm³/mol. The Labute approximate surface area is 69.6 Å². The Morgan fingerprint density at radius 1 is 1.67 bits per heavy atom. The van der Waals surface area contributed by atoms with Crippen molar-refractivity contribution in [3.63, 3.8) is 0 Å². The molecule has 1 aromatic rings. The number of imidazole rings is 1. The van der Waals surface area contributed by atoms with Gasteiger partial charge in [-0.1, -0.05) is 0 Å². The van der Waals surface area contributed by atoms with Crippen LogP contribution in [0.25, 0.3) is 0 Å². The molecule has 12 heavy (non-hydrogen) atoms. The molecule has 1 rings (SSSR count). The molecule has 0 aliphatic rings. The number of hydrogen-bond acceptors (Lipinski definition) is 3. The first-order valence-electron chi connectivity index (χ1n) is 3.34. The van der Waals surface area contributed by atoms with Gasteiger partial charge in [-0.3, -0.25) is 0 Å². The maximum atomic E-state index is 8.36. The molecule has 0 radical (unpaired) electrons. The lowest BCUT2D eigenvalue weighted by Gasteiger charge is -2.02. The first-order valence-corrected chi connectivity index (χ1v) is 3.34. The van der Waals surface area contributed by atoms with Crippen LogP contribution < -0.4 is 0 Å². The molecule has 0 aliphatic carbocycles. The highest BCUT2D eigenvalue weighted by atomic mass is 16.9. The second-order valence-corrected chi connectivity index (χ2v) is 2.34. The molecule has 0 unspecified atom stereocenters. The van der Waals surface area contributed by atoms with Crippen molar-refractivity contribution in [3.05, 3.63) is 28.8 Å². The summed E-state index contributed by atoms with van der Waals surface area (Å²) < 4.78 is 2.06. The summed E-state index contributed by atoms with van der Waals surface area (Å²) in [5.41, 5.74) is 0. The van der Waals surface area contributed by atoms with Crippen molar-refractivity contribution in [2.75, 3.05) is 0 Å². The van der Waals surface area contributed by atoms with E-state index in [2.05, 4.69) is 23.4 Å². The lowest BCUT2D eigenvalue weighted by atomic mass is 10.4. The number of hydrogen-bond donors (Lipinski definition) is 1. The third-order valence-corrected chi connectivity index (χ3v) is 1.12. The van der Waals surface area contributed by atoms with Crippen LogP contribution in [0.3, 0.4) is 0 Å². The van der Waals surface area contributed by atoms with E-state index in [4.69, 9.17) is 15.3 Å². The Kier molecular flexibility index (Phi) is 4.43. The fourth-order valence-electron chi connectivity index (χ4n) is 0.575. The third kappa shape index (κ3) is 5.21. The normalized spacial score (nSPS) is 8.92. The van der Waals surface area contributed by atoms with E-state index in [0.717, 1.165) is 0 Å². The minimum atomic E-state index is -1.50. The molecule has 68 valence electrons. The lowest BCUT2D eigenvalue weighted by Crippen LogP contribution is -1.95. The molecule has 6 heteroatoms. The molecular weight excluding hydrogens is 162 g/mol. The zero-order valence-electron chi connectivity index (χ0n) is 6.91. The largest absolute Gasteiger partial charge is 0.335 e. The molecule has 0 spiro atoms. The van der Waals surface area contributed by atoms with E-state index >= 15 is 0 Å². The van der Waals surface area contributed by atoms with Crippen LogP contribution in [0.15, 0.2) is 18.7 Å². The zero-order chi connectivity index (χ0) is 9.56. The molecule has 0 saturated carbocycles. The molecule has 0 amide bonds. The third-order valence-electron chi connectivity index (χ3n) is 1.12. The smallest absolute Gasteiger partial charge is 0.291 e. The molecule has 0 aliphatic heterocycles. The van der Waals surface area contributed by atoms with Gasteiger partial charge in [0.25, 0.3) is 5.09 Å². The average Bonchev–Trinajstić information content (AvgIpc) is 2.34. The van der Waals surface area contributed by atoms with Crippen LogP contribution in [0.1, 0.15) is 19.9 Å². The fraction of sp³-hybridized carbons (Fsp3) is 0.500. The summed E-state index contributed by atoms with van der Waals surface area (Å²) in [4.78, 5) is 12.3. The highest BCUT2D eigenvalue weighted by Gasteiger charge is 1.90. The maximum absolute atomic E-state index is 8.36. The SMILES string of the molecule is CC(C)n1ccnc1.O=[N+]([O-])O. The number of aromatic nitrogens is 2. The van der Waals surface area contributed by atoms with Crippen molar-refractivity contribution in [3.8, 4) is 0 Å². The van der Waals surface area contributed by atoms with Crippen molar-refractivity contribution in [1.29, 1.82) is 0 Å². The van der Waals surface area contributed by atoms with Crippen LogP contribution in [-0.4, -0.2) is 19.8 Å². The monoisotopic (exact) mass is 173 g/mol. The van der Waals surface area contributed by atoms with Gasteiger partial charge in [-0.2, -0.15) is 0 Å². The first-order chi connectivity index (χ1) is 5.54. The molecule has 0 aromatic carbocycles. The van der Waals surface area contributed by atoms with E-state index in [-0.39, 0.29) is 0 Å². The Hall–Kier alpha value is -1.59. The highest BCUT2D eigenvalue weighted by Crippen LogP contribution is 1.99. The van der Waals surface area contributed by atoms with Gasteiger partial charge in [-0.15, -0.1) is 10.1 Å². The van der Waals surface area contributed by atoms with Crippen molar-refractivity contribution >= 4 is 0 Å². The molecule has 6 nitrogen and oxygen atoms in total. The zero-order valence-corrected chi connectivity index (χ0v) is 6.91. The summed E-state index contributed by atoms with van der Waals surface area (Å²) >= 11 is 0. The van der Waals surface area contributed by atoms with Crippen LogP contribution in [0.2, 0.25) is 0 Å². The number of rotatable bonds is 1. The van der Waals surface area contributed by atoms with Gasteiger partial charge < -0.3 is 9.77 Å². The molecule has 0 fully saturated rings. The van der Waals surface area contributed by atoms with E-state index in [0.29, 0.717) is 6.04 Å². The van der Waals surface area contributed by atoms with E-state index in [1.54, 1.807) is 6.20 Å². The molecule has 0 saturated heterocycles. The van der Waals surface area contributed by atoms with Crippen LogP contribution in [-0.2, 0) is 0 Å². The van der Waals surface area contributed by atoms with Gasteiger partial charge in [-0.05, 0) is 13.8 Å². The first kappa shape index (κ1) is 10.4. The van der Waals surface area contributed by atoms with E-state index in [9.17, 15) is 0 Å². The lowest BCUT2D eigenvalue weighted by molar-refractivity contribution is -0.742. The van der Waals surface area contributed by atoms with Gasteiger partial charge in [0.1, 0.15) is 0 Å². The van der Waals surface area contributed by atoms with Crippen LogP contribution in [0.5, 0.6) is 0 Å². The van der Waals surface area contributed by atoms with Crippen molar-refractivity contribution in [1.82, 2.24) is 9.55 Å². The summed E-state index contributed by atoms with van der Waals surface area (Å²) in [6.45, 7) is 4.25. The van der Waals surface area contributed by atoms with E-state index < -0.39 is 5.09 Å². The minimum Gasteiger partial charge on any atom is -0.335 e. The second-order valence-electron chi connectivity index (χ2n) is 2.34. The summed E-state index contributed by atoms with van der Waals surface area (Å²) in [5.74, 6) is 0. The molecule has 1 N–H and O–H groups in total. The van der Waals surface area contributed by atoms with Crippen LogP contribution in [0, 0.1) is 10.1 Å². The van der Waals surface area contributed by atoms with Crippen molar-refractivity contribution < 1.29 is 10.3 Å².